The number of thiophene rings is 1. The van der Waals surface area contributed by atoms with Crippen molar-refractivity contribution in [2.24, 2.45) is 5.92 Å². The minimum Gasteiger partial charge on any atom is -0.300 e. The van der Waals surface area contributed by atoms with Crippen LogP contribution in [0.25, 0.3) is 0 Å². The van der Waals surface area contributed by atoms with Gasteiger partial charge in [-0.1, -0.05) is 20.8 Å². The van der Waals surface area contributed by atoms with E-state index in [-0.39, 0.29) is 5.41 Å². The molecule has 2 rings (SSSR count). The molecule has 2 atom stereocenters. The lowest BCUT2D eigenvalue weighted by Gasteiger charge is -2.15. The van der Waals surface area contributed by atoms with Gasteiger partial charge in [-0.2, -0.15) is 0 Å². The lowest BCUT2D eigenvalue weighted by molar-refractivity contribution is -0.118. The van der Waals surface area contributed by atoms with Gasteiger partial charge in [0.1, 0.15) is 5.78 Å². The molecule has 1 nitrogen and oxygen atoms in total. The zero-order valence-electron chi connectivity index (χ0n) is 9.83. The first kappa shape index (κ1) is 10.9. The van der Waals surface area contributed by atoms with Crippen LogP contribution in [0.5, 0.6) is 0 Å². The lowest BCUT2D eigenvalue weighted by atomic mass is 9.95. The number of Topliss-reactive ketones (excluding diaryl/α,β-unsaturated/α-hetero) is 1. The zero-order chi connectivity index (χ0) is 11.2. The average molecular weight is 222 g/mol. The number of hydrogen-bond donors (Lipinski definition) is 0. The first-order chi connectivity index (χ1) is 6.89. The van der Waals surface area contributed by atoms with Crippen LogP contribution in [0.4, 0.5) is 0 Å². The number of carbonyl (C=O) groups is 1. The molecule has 0 amide bonds. The predicted octanol–water partition coefficient (Wildman–Crippen LogP) is 3.74. The average Bonchev–Trinajstić information content (AvgIpc) is 2.74. The molecule has 0 N–H and O–H groups in total. The van der Waals surface area contributed by atoms with E-state index in [1.54, 1.807) is 6.92 Å². The van der Waals surface area contributed by atoms with Crippen LogP contribution in [-0.2, 0) is 10.2 Å². The van der Waals surface area contributed by atoms with Crippen molar-refractivity contribution in [2.45, 2.75) is 45.4 Å². The summed E-state index contributed by atoms with van der Waals surface area (Å²) in [5, 5.41) is 0. The molecule has 1 heterocycles. The van der Waals surface area contributed by atoms with Gasteiger partial charge in [-0.05, 0) is 30.9 Å². The van der Waals surface area contributed by atoms with Gasteiger partial charge in [0.2, 0.25) is 0 Å². The fraction of sp³-hybridized carbons (Fsp3) is 0.615. The molecule has 15 heavy (non-hydrogen) atoms. The summed E-state index contributed by atoms with van der Waals surface area (Å²) in [5.41, 5.74) is 0.240. The van der Waals surface area contributed by atoms with Gasteiger partial charge in [0.05, 0.1) is 0 Å². The van der Waals surface area contributed by atoms with E-state index in [1.807, 2.05) is 11.3 Å². The summed E-state index contributed by atoms with van der Waals surface area (Å²) < 4.78 is 0. The van der Waals surface area contributed by atoms with Crippen LogP contribution >= 0.6 is 11.3 Å². The largest absolute Gasteiger partial charge is 0.300 e. The maximum Gasteiger partial charge on any atom is 0.133 e. The van der Waals surface area contributed by atoms with E-state index in [0.29, 0.717) is 17.6 Å². The normalized spacial score (nSPS) is 25.3. The van der Waals surface area contributed by atoms with Crippen LogP contribution in [0.2, 0.25) is 0 Å². The van der Waals surface area contributed by atoms with E-state index in [0.717, 1.165) is 6.42 Å². The molecule has 1 saturated carbocycles. The molecule has 1 aliphatic rings. The van der Waals surface area contributed by atoms with E-state index < -0.39 is 0 Å². The molecular weight excluding hydrogens is 204 g/mol. The lowest BCUT2D eigenvalue weighted by Crippen LogP contribution is -2.07. The van der Waals surface area contributed by atoms with Gasteiger partial charge in [0, 0.05) is 21.6 Å². The van der Waals surface area contributed by atoms with Crippen molar-refractivity contribution in [1.82, 2.24) is 0 Å². The molecular formula is C13H18OS. The number of rotatable bonds is 2. The molecule has 2 unspecified atom stereocenters. The SMILES string of the molecule is CC(=O)C1CC1c1ccc(C(C)(C)C)s1. The Kier molecular flexibility index (Phi) is 2.50. The molecule has 0 spiro atoms. The van der Waals surface area contributed by atoms with Crippen molar-refractivity contribution in [3.05, 3.63) is 21.9 Å². The second-order valence-corrected chi connectivity index (χ2v) is 6.63. The molecule has 1 aromatic heterocycles. The second-order valence-electron chi connectivity index (χ2n) is 5.51. The molecule has 2 heteroatoms. The van der Waals surface area contributed by atoms with Crippen molar-refractivity contribution in [3.8, 4) is 0 Å². The highest BCUT2D eigenvalue weighted by molar-refractivity contribution is 7.12. The van der Waals surface area contributed by atoms with Gasteiger partial charge in [-0.15, -0.1) is 11.3 Å². The van der Waals surface area contributed by atoms with Gasteiger partial charge in [0.15, 0.2) is 0 Å². The minimum absolute atomic E-state index is 0.240. The second kappa shape index (κ2) is 3.44. The van der Waals surface area contributed by atoms with Crippen molar-refractivity contribution in [3.63, 3.8) is 0 Å². The Morgan fingerprint density at radius 2 is 2.07 bits per heavy atom. The summed E-state index contributed by atoms with van der Waals surface area (Å²) >= 11 is 1.88. The maximum absolute atomic E-state index is 11.2. The van der Waals surface area contributed by atoms with Crippen LogP contribution in [0, 0.1) is 5.92 Å². The predicted molar refractivity (Wildman–Crippen MR) is 64.5 cm³/mol. The third kappa shape index (κ3) is 2.15. The summed E-state index contributed by atoms with van der Waals surface area (Å²) in [6, 6.07) is 4.42. The molecule has 0 aliphatic heterocycles. The summed E-state index contributed by atoms with van der Waals surface area (Å²) in [5.74, 6) is 1.20. The Morgan fingerprint density at radius 1 is 1.40 bits per heavy atom. The third-order valence-corrected chi connectivity index (χ3v) is 4.69. The van der Waals surface area contributed by atoms with E-state index in [9.17, 15) is 4.79 Å². The highest BCUT2D eigenvalue weighted by Crippen LogP contribution is 2.50. The standard InChI is InChI=1S/C13H18OS/c1-8(14)9-7-10(9)11-5-6-12(15-11)13(2,3)4/h5-6,9-10H,7H2,1-4H3. The molecule has 0 bridgehead atoms. The summed E-state index contributed by atoms with van der Waals surface area (Å²) in [7, 11) is 0. The first-order valence-electron chi connectivity index (χ1n) is 5.50. The quantitative estimate of drug-likeness (QED) is 0.745. The molecule has 0 radical (unpaired) electrons. The molecule has 82 valence electrons. The van der Waals surface area contributed by atoms with Crippen molar-refractivity contribution in [1.29, 1.82) is 0 Å². The zero-order valence-corrected chi connectivity index (χ0v) is 10.6. The minimum atomic E-state index is 0.240. The maximum atomic E-state index is 11.2. The van der Waals surface area contributed by atoms with E-state index in [1.165, 1.54) is 9.75 Å². The van der Waals surface area contributed by atoms with E-state index in [4.69, 9.17) is 0 Å². The molecule has 1 aromatic rings. The Morgan fingerprint density at radius 3 is 2.47 bits per heavy atom. The summed E-state index contributed by atoms with van der Waals surface area (Å²) in [6.07, 6.45) is 1.07. The Hall–Kier alpha value is -0.630. The fourth-order valence-electron chi connectivity index (χ4n) is 1.91. The van der Waals surface area contributed by atoms with E-state index >= 15 is 0 Å². The van der Waals surface area contributed by atoms with Crippen LogP contribution in [0.1, 0.15) is 49.8 Å². The van der Waals surface area contributed by atoms with Crippen molar-refractivity contribution >= 4 is 17.1 Å². The number of carbonyl (C=O) groups excluding carboxylic acids is 1. The van der Waals surface area contributed by atoms with Gasteiger partial charge in [-0.3, -0.25) is 4.79 Å². The molecule has 1 aliphatic carbocycles. The smallest absolute Gasteiger partial charge is 0.133 e. The Labute approximate surface area is 95.5 Å². The highest BCUT2D eigenvalue weighted by atomic mass is 32.1. The van der Waals surface area contributed by atoms with Crippen LogP contribution in [0.15, 0.2) is 12.1 Å². The van der Waals surface area contributed by atoms with Gasteiger partial charge < -0.3 is 0 Å². The van der Waals surface area contributed by atoms with Crippen LogP contribution < -0.4 is 0 Å². The Balaban J connectivity index is 2.13. The summed E-state index contributed by atoms with van der Waals surface area (Å²) in [4.78, 5) is 14.0. The first-order valence-corrected chi connectivity index (χ1v) is 6.32. The fourth-order valence-corrected chi connectivity index (χ4v) is 3.16. The van der Waals surface area contributed by atoms with E-state index in [2.05, 4.69) is 32.9 Å². The van der Waals surface area contributed by atoms with Crippen molar-refractivity contribution in [2.75, 3.05) is 0 Å². The molecule has 0 aromatic carbocycles. The molecule has 1 fully saturated rings. The Bertz CT molecular complexity index is 383. The topological polar surface area (TPSA) is 17.1 Å². The van der Waals surface area contributed by atoms with Crippen LogP contribution in [0.3, 0.4) is 0 Å². The highest BCUT2D eigenvalue weighted by Gasteiger charge is 2.42. The van der Waals surface area contributed by atoms with Gasteiger partial charge in [0.25, 0.3) is 0 Å². The molecule has 0 saturated heterocycles. The number of ketones is 1. The van der Waals surface area contributed by atoms with Crippen LogP contribution in [-0.4, -0.2) is 5.78 Å². The number of hydrogen-bond acceptors (Lipinski definition) is 2. The third-order valence-electron chi connectivity index (χ3n) is 3.04. The summed E-state index contributed by atoms with van der Waals surface area (Å²) in [6.45, 7) is 8.41. The van der Waals surface area contributed by atoms with Gasteiger partial charge in [-0.25, -0.2) is 0 Å². The van der Waals surface area contributed by atoms with Gasteiger partial charge >= 0.3 is 0 Å². The monoisotopic (exact) mass is 222 g/mol. The van der Waals surface area contributed by atoms with Crippen molar-refractivity contribution < 1.29 is 4.79 Å².